The van der Waals surface area contributed by atoms with Gasteiger partial charge < -0.3 is 10.8 Å². The van der Waals surface area contributed by atoms with Crippen molar-refractivity contribution >= 4 is 39.3 Å². The summed E-state index contributed by atoms with van der Waals surface area (Å²) < 4.78 is 0.579. The van der Waals surface area contributed by atoms with Crippen molar-refractivity contribution in [3.05, 3.63) is 52.5 Å². The first-order valence-electron chi connectivity index (χ1n) is 5.12. The molecule has 3 nitrogen and oxygen atoms in total. The predicted molar refractivity (Wildman–Crippen MR) is 76.1 cm³/mol. The third-order valence-corrected chi connectivity index (χ3v) is 3.94. The van der Waals surface area contributed by atoms with Gasteiger partial charge in [0.2, 0.25) is 0 Å². The number of nitrogen functional groups attached to an aromatic ring is 1. The van der Waals surface area contributed by atoms with Gasteiger partial charge in [-0.15, -0.1) is 0 Å². The molecule has 0 aliphatic carbocycles. The number of carbonyl (C=O) groups is 1. The molecule has 0 spiro atoms. The van der Waals surface area contributed by atoms with Gasteiger partial charge in [0, 0.05) is 20.0 Å². The molecule has 0 fully saturated rings. The number of anilines is 1. The minimum Gasteiger partial charge on any atom is -0.478 e. The van der Waals surface area contributed by atoms with Gasteiger partial charge in [0.25, 0.3) is 0 Å². The topological polar surface area (TPSA) is 63.3 Å². The molecule has 0 saturated carbocycles. The predicted octanol–water partition coefficient (Wildman–Crippen LogP) is 3.88. The van der Waals surface area contributed by atoms with Crippen molar-refractivity contribution in [2.24, 2.45) is 0 Å². The Hall–Kier alpha value is -1.46. The molecule has 0 aromatic heterocycles. The van der Waals surface area contributed by atoms with Gasteiger partial charge in [-0.05, 0) is 58.4 Å². The lowest BCUT2D eigenvalue weighted by Crippen LogP contribution is -1.97. The minimum absolute atomic E-state index is 0.261. The Balaban J connectivity index is 2.22. The van der Waals surface area contributed by atoms with Crippen LogP contribution in [0.3, 0.4) is 0 Å². The van der Waals surface area contributed by atoms with Gasteiger partial charge in [0.1, 0.15) is 0 Å². The molecule has 0 heterocycles. The Bertz CT molecular complexity index is 584. The van der Waals surface area contributed by atoms with Crippen LogP contribution in [-0.4, -0.2) is 11.1 Å². The third kappa shape index (κ3) is 3.05. The standard InChI is InChI=1S/C13H10BrNO2S/c14-12-7-10(5-6-11(12)13(16)17)18-9-3-1-8(15)2-4-9/h1-7H,15H2,(H,16,17). The van der Waals surface area contributed by atoms with Gasteiger partial charge in [0.05, 0.1) is 5.56 Å². The van der Waals surface area contributed by atoms with E-state index in [1.165, 1.54) is 0 Å². The van der Waals surface area contributed by atoms with Crippen LogP contribution in [0.2, 0.25) is 0 Å². The second-order valence-corrected chi connectivity index (χ2v) is 5.62. The molecule has 5 heteroatoms. The van der Waals surface area contributed by atoms with E-state index in [9.17, 15) is 4.79 Å². The van der Waals surface area contributed by atoms with E-state index in [4.69, 9.17) is 10.8 Å². The molecule has 0 aliphatic heterocycles. The maximum Gasteiger partial charge on any atom is 0.336 e. The second-order valence-electron chi connectivity index (χ2n) is 3.62. The van der Waals surface area contributed by atoms with E-state index in [2.05, 4.69) is 15.9 Å². The monoisotopic (exact) mass is 323 g/mol. The molecular formula is C13H10BrNO2S. The summed E-state index contributed by atoms with van der Waals surface area (Å²) in [5, 5.41) is 8.93. The number of rotatable bonds is 3. The average molecular weight is 324 g/mol. The summed E-state index contributed by atoms with van der Waals surface area (Å²) in [6, 6.07) is 12.7. The van der Waals surface area contributed by atoms with E-state index in [1.54, 1.807) is 30.0 Å². The van der Waals surface area contributed by atoms with E-state index in [0.29, 0.717) is 4.47 Å². The minimum atomic E-state index is -0.939. The Morgan fingerprint density at radius 1 is 1.11 bits per heavy atom. The number of benzene rings is 2. The fourth-order valence-electron chi connectivity index (χ4n) is 1.40. The second kappa shape index (κ2) is 5.46. The largest absolute Gasteiger partial charge is 0.478 e. The van der Waals surface area contributed by atoms with Crippen LogP contribution >= 0.6 is 27.7 Å². The van der Waals surface area contributed by atoms with Gasteiger partial charge in [-0.25, -0.2) is 4.79 Å². The molecular weight excluding hydrogens is 314 g/mol. The molecule has 0 atom stereocenters. The number of hydrogen-bond donors (Lipinski definition) is 2. The SMILES string of the molecule is Nc1ccc(Sc2ccc(C(=O)O)c(Br)c2)cc1. The Labute approximate surface area is 117 Å². The molecule has 2 aromatic rings. The first-order chi connectivity index (χ1) is 8.56. The highest BCUT2D eigenvalue weighted by molar-refractivity contribution is 9.10. The Morgan fingerprint density at radius 2 is 1.72 bits per heavy atom. The molecule has 0 amide bonds. The zero-order valence-electron chi connectivity index (χ0n) is 9.26. The first kappa shape index (κ1) is 13.0. The van der Waals surface area contributed by atoms with E-state index in [-0.39, 0.29) is 5.56 Å². The summed E-state index contributed by atoms with van der Waals surface area (Å²) in [7, 11) is 0. The highest BCUT2D eigenvalue weighted by Gasteiger charge is 2.08. The fraction of sp³-hybridized carbons (Fsp3) is 0. The van der Waals surface area contributed by atoms with Crippen molar-refractivity contribution in [3.63, 3.8) is 0 Å². The van der Waals surface area contributed by atoms with Gasteiger partial charge in [-0.3, -0.25) is 0 Å². The number of carboxylic acids is 1. The lowest BCUT2D eigenvalue weighted by atomic mass is 10.2. The lowest BCUT2D eigenvalue weighted by molar-refractivity contribution is 0.0696. The van der Waals surface area contributed by atoms with Crippen LogP contribution in [0.1, 0.15) is 10.4 Å². The summed E-state index contributed by atoms with van der Waals surface area (Å²) in [6.45, 7) is 0. The van der Waals surface area contributed by atoms with Crippen LogP contribution in [0.4, 0.5) is 5.69 Å². The van der Waals surface area contributed by atoms with Crippen molar-refractivity contribution in [1.29, 1.82) is 0 Å². The highest BCUT2D eigenvalue weighted by atomic mass is 79.9. The van der Waals surface area contributed by atoms with Gasteiger partial charge in [-0.2, -0.15) is 0 Å². The summed E-state index contributed by atoms with van der Waals surface area (Å²) in [4.78, 5) is 12.9. The molecule has 0 radical (unpaired) electrons. The Morgan fingerprint density at radius 3 is 2.28 bits per heavy atom. The number of carboxylic acid groups (broad SMARTS) is 1. The molecule has 2 rings (SSSR count). The smallest absolute Gasteiger partial charge is 0.336 e. The van der Waals surface area contributed by atoms with E-state index in [1.807, 2.05) is 24.3 Å². The first-order valence-corrected chi connectivity index (χ1v) is 6.73. The van der Waals surface area contributed by atoms with Gasteiger partial charge >= 0.3 is 5.97 Å². The van der Waals surface area contributed by atoms with Crippen LogP contribution in [0.5, 0.6) is 0 Å². The van der Waals surface area contributed by atoms with Gasteiger partial charge in [-0.1, -0.05) is 11.8 Å². The maximum atomic E-state index is 10.9. The zero-order chi connectivity index (χ0) is 13.1. The van der Waals surface area contributed by atoms with Crippen LogP contribution in [0, 0.1) is 0 Å². The van der Waals surface area contributed by atoms with Crippen molar-refractivity contribution in [3.8, 4) is 0 Å². The quantitative estimate of drug-likeness (QED) is 0.841. The summed E-state index contributed by atoms with van der Waals surface area (Å²) in [5.41, 5.74) is 6.60. The molecule has 3 N–H and O–H groups in total. The van der Waals surface area contributed by atoms with E-state index in [0.717, 1.165) is 15.5 Å². The normalized spacial score (nSPS) is 10.3. The van der Waals surface area contributed by atoms with Crippen molar-refractivity contribution in [2.75, 3.05) is 5.73 Å². The number of nitrogens with two attached hydrogens (primary N) is 1. The molecule has 0 bridgehead atoms. The van der Waals surface area contributed by atoms with E-state index < -0.39 is 5.97 Å². The molecule has 0 aliphatic rings. The molecule has 2 aromatic carbocycles. The third-order valence-electron chi connectivity index (χ3n) is 2.29. The van der Waals surface area contributed by atoms with E-state index >= 15 is 0 Å². The zero-order valence-corrected chi connectivity index (χ0v) is 11.7. The maximum absolute atomic E-state index is 10.9. The summed E-state index contributed by atoms with van der Waals surface area (Å²) in [5.74, 6) is -0.939. The molecule has 0 unspecified atom stereocenters. The van der Waals surface area contributed by atoms with Crippen LogP contribution in [0.15, 0.2) is 56.7 Å². The van der Waals surface area contributed by atoms with Crippen LogP contribution in [0.25, 0.3) is 0 Å². The summed E-state index contributed by atoms with van der Waals surface area (Å²) in [6.07, 6.45) is 0. The molecule has 92 valence electrons. The van der Waals surface area contributed by atoms with Gasteiger partial charge in [0.15, 0.2) is 0 Å². The van der Waals surface area contributed by atoms with Crippen molar-refractivity contribution in [2.45, 2.75) is 9.79 Å². The number of hydrogen-bond acceptors (Lipinski definition) is 3. The summed E-state index contributed by atoms with van der Waals surface area (Å²) >= 11 is 4.81. The van der Waals surface area contributed by atoms with Crippen molar-refractivity contribution in [1.82, 2.24) is 0 Å². The van der Waals surface area contributed by atoms with Crippen LogP contribution in [-0.2, 0) is 0 Å². The lowest BCUT2D eigenvalue weighted by Gasteiger charge is -2.04. The van der Waals surface area contributed by atoms with Crippen molar-refractivity contribution < 1.29 is 9.90 Å². The Kier molecular flexibility index (Phi) is 3.93. The molecule has 18 heavy (non-hydrogen) atoms. The molecule has 0 saturated heterocycles. The number of aromatic carboxylic acids is 1. The van der Waals surface area contributed by atoms with Crippen LogP contribution < -0.4 is 5.73 Å². The number of halogens is 1. The highest BCUT2D eigenvalue weighted by Crippen LogP contribution is 2.31. The average Bonchev–Trinajstić information content (AvgIpc) is 2.32. The fourth-order valence-corrected chi connectivity index (χ4v) is 2.96.